The fourth-order valence-corrected chi connectivity index (χ4v) is 4.69. The second-order valence-corrected chi connectivity index (χ2v) is 9.76. The zero-order chi connectivity index (χ0) is 24.1. The van der Waals surface area contributed by atoms with Crippen LogP contribution in [0.4, 0.5) is 0 Å². The topological polar surface area (TPSA) is 70.8 Å². The van der Waals surface area contributed by atoms with E-state index in [1.807, 2.05) is 30.3 Å². The normalized spacial score (nSPS) is 13.7. The molecule has 3 aromatic rings. The second-order valence-electron chi connectivity index (χ2n) is 9.76. The molecule has 3 rings (SSSR count). The van der Waals surface area contributed by atoms with Gasteiger partial charge in [-0.1, -0.05) is 70.2 Å². The van der Waals surface area contributed by atoms with E-state index < -0.39 is 17.5 Å². The van der Waals surface area contributed by atoms with Gasteiger partial charge in [0, 0.05) is 31.5 Å². The van der Waals surface area contributed by atoms with Crippen LogP contribution in [0.25, 0.3) is 11.0 Å². The first-order valence-electron chi connectivity index (χ1n) is 11.7. The van der Waals surface area contributed by atoms with Crippen molar-refractivity contribution >= 4 is 16.8 Å². The van der Waals surface area contributed by atoms with E-state index in [0.717, 1.165) is 18.7 Å². The van der Waals surface area contributed by atoms with Gasteiger partial charge in [0.2, 0.25) is 0 Å². The molecule has 0 saturated carbocycles. The molecule has 1 aromatic heterocycles. The molecular weight excluding hydrogens is 414 g/mol. The minimum Gasteiger partial charge on any atom is -0.507 e. The van der Waals surface area contributed by atoms with E-state index in [2.05, 4.69) is 32.6 Å². The van der Waals surface area contributed by atoms with Crippen molar-refractivity contribution < 1.29 is 14.3 Å². The predicted molar refractivity (Wildman–Crippen MR) is 133 cm³/mol. The Morgan fingerprint density at radius 1 is 0.909 bits per heavy atom. The highest BCUT2D eigenvalue weighted by Gasteiger charge is 2.35. The van der Waals surface area contributed by atoms with Crippen molar-refractivity contribution in [1.29, 1.82) is 0 Å². The monoisotopic (exact) mass is 449 g/mol. The number of ketones is 1. The van der Waals surface area contributed by atoms with Crippen molar-refractivity contribution in [2.75, 3.05) is 19.6 Å². The molecule has 1 N–H and O–H groups in total. The molecule has 0 aliphatic carbocycles. The van der Waals surface area contributed by atoms with Crippen molar-refractivity contribution in [2.24, 2.45) is 17.8 Å². The molecule has 1 heterocycles. The van der Waals surface area contributed by atoms with Gasteiger partial charge in [-0.05, 0) is 36.5 Å². The summed E-state index contributed by atoms with van der Waals surface area (Å²) in [5.41, 5.74) is 0.681. The Morgan fingerprint density at radius 3 is 2.06 bits per heavy atom. The number of para-hydroxylation sites is 1. The number of aromatic hydroxyl groups is 1. The van der Waals surface area contributed by atoms with Crippen LogP contribution < -0.4 is 5.63 Å². The highest BCUT2D eigenvalue weighted by Crippen LogP contribution is 2.39. The standard InChI is InChI=1S/C28H35NO4/c1-18(2)15-29(16-19(3)4)17-23(20(5)30)25(21-11-7-6-8-12-21)26-27(31)22-13-9-10-14-24(22)33-28(26)32/h6-14,18-19,23,25,31H,15-17H2,1-5H3/t23-,25+/m0/s1. The van der Waals surface area contributed by atoms with E-state index in [9.17, 15) is 14.7 Å². The van der Waals surface area contributed by atoms with E-state index in [0.29, 0.717) is 29.3 Å². The molecule has 0 unspecified atom stereocenters. The van der Waals surface area contributed by atoms with Crippen LogP contribution in [0.1, 0.15) is 51.7 Å². The van der Waals surface area contributed by atoms with Gasteiger partial charge in [0.1, 0.15) is 17.1 Å². The second kappa shape index (κ2) is 10.8. The average Bonchev–Trinajstić information content (AvgIpc) is 2.75. The Morgan fingerprint density at radius 2 is 1.48 bits per heavy atom. The third-order valence-electron chi connectivity index (χ3n) is 5.92. The zero-order valence-electron chi connectivity index (χ0n) is 20.2. The summed E-state index contributed by atoms with van der Waals surface area (Å²) in [5, 5.41) is 11.7. The first kappa shape index (κ1) is 24.7. The van der Waals surface area contributed by atoms with Crippen molar-refractivity contribution in [3.05, 3.63) is 76.1 Å². The molecule has 0 aliphatic rings. The van der Waals surface area contributed by atoms with Crippen LogP contribution in [0.15, 0.2) is 63.8 Å². The molecule has 2 aromatic carbocycles. The minimum atomic E-state index is -0.619. The summed E-state index contributed by atoms with van der Waals surface area (Å²) >= 11 is 0. The van der Waals surface area contributed by atoms with Crippen LogP contribution in [-0.2, 0) is 4.79 Å². The molecule has 0 fully saturated rings. The molecule has 33 heavy (non-hydrogen) atoms. The number of carbonyl (C=O) groups excluding carboxylic acids is 1. The number of rotatable bonds is 10. The van der Waals surface area contributed by atoms with Gasteiger partial charge in [-0.25, -0.2) is 4.79 Å². The van der Waals surface area contributed by atoms with Gasteiger partial charge in [-0.3, -0.25) is 4.79 Å². The van der Waals surface area contributed by atoms with Gasteiger partial charge in [0.05, 0.1) is 10.9 Å². The Hall–Kier alpha value is -2.92. The lowest BCUT2D eigenvalue weighted by Gasteiger charge is -2.33. The van der Waals surface area contributed by atoms with E-state index in [4.69, 9.17) is 4.42 Å². The maximum absolute atomic E-state index is 13.2. The highest BCUT2D eigenvalue weighted by molar-refractivity contribution is 5.86. The summed E-state index contributed by atoms with van der Waals surface area (Å²) in [6.07, 6.45) is 0. The van der Waals surface area contributed by atoms with Crippen LogP contribution in [0.2, 0.25) is 0 Å². The van der Waals surface area contributed by atoms with Crippen LogP contribution in [0.5, 0.6) is 5.75 Å². The van der Waals surface area contributed by atoms with Crippen molar-refractivity contribution in [3.63, 3.8) is 0 Å². The molecule has 2 atom stereocenters. The number of hydrogen-bond acceptors (Lipinski definition) is 5. The smallest absolute Gasteiger partial charge is 0.343 e. The summed E-state index contributed by atoms with van der Waals surface area (Å²) in [4.78, 5) is 28.6. The minimum absolute atomic E-state index is 0.0201. The first-order chi connectivity index (χ1) is 15.7. The summed E-state index contributed by atoms with van der Waals surface area (Å²) in [6.45, 7) is 12.4. The SMILES string of the molecule is CC(=O)[C@H](CN(CC(C)C)CC(C)C)[C@@H](c1ccccc1)c1c(O)c2ccccc2oc1=O. The fourth-order valence-electron chi connectivity index (χ4n) is 4.69. The molecule has 5 nitrogen and oxygen atoms in total. The van der Waals surface area contributed by atoms with E-state index in [1.165, 1.54) is 0 Å². The van der Waals surface area contributed by atoms with Gasteiger partial charge >= 0.3 is 5.63 Å². The van der Waals surface area contributed by atoms with Gasteiger partial charge in [-0.2, -0.15) is 0 Å². The number of benzene rings is 2. The third-order valence-corrected chi connectivity index (χ3v) is 5.92. The molecule has 0 aliphatic heterocycles. The molecule has 176 valence electrons. The van der Waals surface area contributed by atoms with Gasteiger partial charge in [0.25, 0.3) is 0 Å². The summed E-state index contributed by atoms with van der Waals surface area (Å²) in [5.74, 6) is -0.392. The summed E-state index contributed by atoms with van der Waals surface area (Å²) in [6, 6.07) is 16.4. The number of carbonyl (C=O) groups is 1. The lowest BCUT2D eigenvalue weighted by Crippen LogP contribution is -2.40. The molecule has 5 heteroatoms. The Kier molecular flexibility index (Phi) is 8.09. The third kappa shape index (κ3) is 5.91. The van der Waals surface area contributed by atoms with Crippen molar-refractivity contribution in [1.82, 2.24) is 4.90 Å². The Bertz CT molecular complexity index is 1120. The maximum atomic E-state index is 13.2. The lowest BCUT2D eigenvalue weighted by atomic mass is 9.78. The van der Waals surface area contributed by atoms with Crippen molar-refractivity contribution in [2.45, 2.75) is 40.5 Å². The number of hydrogen-bond donors (Lipinski definition) is 1. The maximum Gasteiger partial charge on any atom is 0.343 e. The molecule has 0 spiro atoms. The van der Waals surface area contributed by atoms with Gasteiger partial charge in [0.15, 0.2) is 0 Å². The largest absolute Gasteiger partial charge is 0.507 e. The Labute approximate surface area is 196 Å². The molecule has 0 bridgehead atoms. The van der Waals surface area contributed by atoms with Crippen LogP contribution >= 0.6 is 0 Å². The lowest BCUT2D eigenvalue weighted by molar-refractivity contribution is -0.121. The molecule has 0 saturated heterocycles. The Balaban J connectivity index is 2.19. The van der Waals surface area contributed by atoms with Gasteiger partial charge < -0.3 is 14.4 Å². The number of nitrogens with zero attached hydrogens (tertiary/aromatic N) is 1. The number of fused-ring (bicyclic) bond motifs is 1. The fraction of sp³-hybridized carbons (Fsp3) is 0.429. The first-order valence-corrected chi connectivity index (χ1v) is 11.7. The van der Waals surface area contributed by atoms with Crippen LogP contribution in [0, 0.1) is 17.8 Å². The predicted octanol–water partition coefficient (Wildman–Crippen LogP) is 5.45. The van der Waals surface area contributed by atoms with Crippen LogP contribution in [0.3, 0.4) is 0 Å². The van der Waals surface area contributed by atoms with E-state index >= 15 is 0 Å². The quantitative estimate of drug-likeness (QED) is 0.417. The zero-order valence-corrected chi connectivity index (χ0v) is 20.2. The van der Waals surface area contributed by atoms with Gasteiger partial charge in [-0.15, -0.1) is 0 Å². The summed E-state index contributed by atoms with van der Waals surface area (Å²) < 4.78 is 5.60. The highest BCUT2D eigenvalue weighted by atomic mass is 16.4. The molecule has 0 amide bonds. The van der Waals surface area contributed by atoms with E-state index in [-0.39, 0.29) is 17.1 Å². The summed E-state index contributed by atoms with van der Waals surface area (Å²) in [7, 11) is 0. The van der Waals surface area contributed by atoms with Crippen LogP contribution in [-0.4, -0.2) is 35.4 Å². The molecular formula is C28H35NO4. The van der Waals surface area contributed by atoms with E-state index in [1.54, 1.807) is 31.2 Å². The molecule has 0 radical (unpaired) electrons. The average molecular weight is 450 g/mol. The number of Topliss-reactive ketones (excluding diaryl/α,β-unsaturated/α-hetero) is 1. The van der Waals surface area contributed by atoms with Crippen molar-refractivity contribution in [3.8, 4) is 5.75 Å².